The Labute approximate surface area is 110 Å². The Hall–Kier alpha value is -1.26. The molecule has 0 aliphatic carbocycles. The van der Waals surface area contributed by atoms with E-state index in [4.69, 9.17) is 16.3 Å². The van der Waals surface area contributed by atoms with Crippen LogP contribution in [0.3, 0.4) is 0 Å². The standard InChI is InChI=1S/C13H14ClN3O/c14-13-11-8-15-6-5-10(11)12(16-17-13)4-3-9-2-1-7-18-9/h5-6,8-9H,1-4,7H2/t9-/m0/s1. The minimum atomic E-state index is 0.374. The molecule has 0 aromatic carbocycles. The molecule has 94 valence electrons. The number of ether oxygens (including phenoxy) is 1. The van der Waals surface area contributed by atoms with E-state index in [9.17, 15) is 0 Å². The van der Waals surface area contributed by atoms with Crippen molar-refractivity contribution in [3.8, 4) is 0 Å². The highest BCUT2D eigenvalue weighted by atomic mass is 35.5. The van der Waals surface area contributed by atoms with Crippen LogP contribution in [-0.4, -0.2) is 27.9 Å². The molecule has 0 radical (unpaired) electrons. The average Bonchev–Trinajstić information content (AvgIpc) is 2.92. The van der Waals surface area contributed by atoms with E-state index in [1.165, 1.54) is 6.42 Å². The lowest BCUT2D eigenvalue weighted by molar-refractivity contribution is 0.104. The average molecular weight is 264 g/mol. The molecule has 3 heterocycles. The smallest absolute Gasteiger partial charge is 0.161 e. The maximum Gasteiger partial charge on any atom is 0.161 e. The number of nitrogens with zero attached hydrogens (tertiary/aromatic N) is 3. The number of halogens is 1. The highest BCUT2D eigenvalue weighted by Crippen LogP contribution is 2.24. The van der Waals surface area contributed by atoms with Crippen molar-refractivity contribution in [1.29, 1.82) is 0 Å². The Balaban J connectivity index is 1.85. The summed E-state index contributed by atoms with van der Waals surface area (Å²) < 4.78 is 5.62. The molecule has 1 saturated heterocycles. The Kier molecular flexibility index (Phi) is 3.39. The van der Waals surface area contributed by atoms with Gasteiger partial charge in [-0.3, -0.25) is 4.98 Å². The van der Waals surface area contributed by atoms with Crippen molar-refractivity contribution < 1.29 is 4.74 Å². The van der Waals surface area contributed by atoms with Gasteiger partial charge in [-0.25, -0.2) is 0 Å². The van der Waals surface area contributed by atoms with Gasteiger partial charge in [-0.05, 0) is 31.7 Å². The van der Waals surface area contributed by atoms with Crippen LogP contribution in [0.2, 0.25) is 5.15 Å². The van der Waals surface area contributed by atoms with Crippen molar-refractivity contribution in [3.05, 3.63) is 29.3 Å². The Morgan fingerprint density at radius 3 is 3.11 bits per heavy atom. The van der Waals surface area contributed by atoms with Crippen molar-refractivity contribution in [3.63, 3.8) is 0 Å². The monoisotopic (exact) mass is 263 g/mol. The maximum atomic E-state index is 6.02. The second kappa shape index (κ2) is 5.16. The van der Waals surface area contributed by atoms with Crippen LogP contribution >= 0.6 is 11.6 Å². The van der Waals surface area contributed by atoms with Gasteiger partial charge >= 0.3 is 0 Å². The summed E-state index contributed by atoms with van der Waals surface area (Å²) in [7, 11) is 0. The van der Waals surface area contributed by atoms with Gasteiger partial charge in [0.1, 0.15) is 0 Å². The molecule has 2 aromatic rings. The first-order chi connectivity index (χ1) is 8.84. The summed E-state index contributed by atoms with van der Waals surface area (Å²) in [6, 6.07) is 1.95. The number of hydrogen-bond acceptors (Lipinski definition) is 4. The summed E-state index contributed by atoms with van der Waals surface area (Å²) in [4.78, 5) is 4.08. The number of fused-ring (bicyclic) bond motifs is 1. The zero-order valence-electron chi connectivity index (χ0n) is 9.97. The molecular formula is C13H14ClN3O. The third-order valence-electron chi connectivity index (χ3n) is 3.34. The minimum Gasteiger partial charge on any atom is -0.378 e. The molecule has 3 rings (SSSR count). The first-order valence-electron chi connectivity index (χ1n) is 6.21. The van der Waals surface area contributed by atoms with E-state index in [0.717, 1.165) is 42.3 Å². The summed E-state index contributed by atoms with van der Waals surface area (Å²) in [6.07, 6.45) is 8.06. The van der Waals surface area contributed by atoms with Crippen LogP contribution in [0.5, 0.6) is 0 Å². The zero-order chi connectivity index (χ0) is 12.4. The van der Waals surface area contributed by atoms with Gasteiger partial charge in [0.2, 0.25) is 0 Å². The molecule has 0 unspecified atom stereocenters. The SMILES string of the molecule is Clc1nnc(CC[C@@H]2CCCO2)c2ccncc12. The number of rotatable bonds is 3. The lowest BCUT2D eigenvalue weighted by Crippen LogP contribution is -2.07. The van der Waals surface area contributed by atoms with Gasteiger partial charge in [0.25, 0.3) is 0 Å². The molecule has 5 heteroatoms. The highest BCUT2D eigenvalue weighted by molar-refractivity contribution is 6.34. The molecule has 1 fully saturated rings. The first-order valence-corrected chi connectivity index (χ1v) is 6.59. The topological polar surface area (TPSA) is 47.9 Å². The van der Waals surface area contributed by atoms with Crippen LogP contribution in [0.4, 0.5) is 0 Å². The number of pyridine rings is 1. The molecule has 1 aliphatic rings. The summed E-state index contributed by atoms with van der Waals surface area (Å²) in [5, 5.41) is 10.5. The lowest BCUT2D eigenvalue weighted by atomic mass is 10.1. The van der Waals surface area contributed by atoms with Crippen LogP contribution in [0.15, 0.2) is 18.5 Å². The second-order valence-corrected chi connectivity index (χ2v) is 4.89. The third kappa shape index (κ3) is 2.31. The molecule has 4 nitrogen and oxygen atoms in total. The van der Waals surface area contributed by atoms with Crippen LogP contribution in [-0.2, 0) is 11.2 Å². The molecule has 1 atom stereocenters. The van der Waals surface area contributed by atoms with Gasteiger partial charge in [-0.15, -0.1) is 5.10 Å². The van der Waals surface area contributed by atoms with Gasteiger partial charge in [0.15, 0.2) is 5.15 Å². The van der Waals surface area contributed by atoms with E-state index in [1.54, 1.807) is 12.4 Å². The van der Waals surface area contributed by atoms with E-state index < -0.39 is 0 Å². The molecule has 0 amide bonds. The van der Waals surface area contributed by atoms with Gasteiger partial charge < -0.3 is 4.74 Å². The first kappa shape index (κ1) is 11.8. The van der Waals surface area contributed by atoms with E-state index >= 15 is 0 Å². The van der Waals surface area contributed by atoms with Crippen molar-refractivity contribution in [2.24, 2.45) is 0 Å². The van der Waals surface area contributed by atoms with Crippen molar-refractivity contribution >= 4 is 22.4 Å². The Morgan fingerprint density at radius 2 is 2.28 bits per heavy atom. The molecule has 0 bridgehead atoms. The Morgan fingerprint density at radius 1 is 1.33 bits per heavy atom. The van der Waals surface area contributed by atoms with Crippen molar-refractivity contribution in [2.45, 2.75) is 31.8 Å². The molecular weight excluding hydrogens is 250 g/mol. The maximum absolute atomic E-state index is 6.02. The predicted molar refractivity (Wildman–Crippen MR) is 69.6 cm³/mol. The normalized spacial score (nSPS) is 19.5. The van der Waals surface area contributed by atoms with Gasteiger partial charge in [-0.2, -0.15) is 5.10 Å². The van der Waals surface area contributed by atoms with Crippen LogP contribution in [0, 0.1) is 0 Å². The fourth-order valence-electron chi connectivity index (χ4n) is 2.38. The van der Waals surface area contributed by atoms with E-state index in [1.807, 2.05) is 6.07 Å². The molecule has 0 saturated carbocycles. The molecule has 0 N–H and O–H groups in total. The molecule has 18 heavy (non-hydrogen) atoms. The van der Waals surface area contributed by atoms with Crippen molar-refractivity contribution in [2.75, 3.05) is 6.61 Å². The number of aryl methyl sites for hydroxylation is 1. The minimum absolute atomic E-state index is 0.374. The van der Waals surface area contributed by atoms with E-state index in [0.29, 0.717) is 11.3 Å². The predicted octanol–water partition coefficient (Wildman–Crippen LogP) is 2.79. The summed E-state index contributed by atoms with van der Waals surface area (Å²) in [6.45, 7) is 0.891. The van der Waals surface area contributed by atoms with E-state index in [-0.39, 0.29) is 0 Å². The summed E-state index contributed by atoms with van der Waals surface area (Å²) >= 11 is 6.02. The quantitative estimate of drug-likeness (QED) is 0.854. The molecule has 1 aliphatic heterocycles. The van der Waals surface area contributed by atoms with Crippen LogP contribution in [0.1, 0.15) is 25.0 Å². The third-order valence-corrected chi connectivity index (χ3v) is 3.62. The zero-order valence-corrected chi connectivity index (χ0v) is 10.7. The van der Waals surface area contributed by atoms with Crippen LogP contribution in [0.25, 0.3) is 10.8 Å². The number of hydrogen-bond donors (Lipinski definition) is 0. The Bertz CT molecular complexity index is 555. The lowest BCUT2D eigenvalue weighted by Gasteiger charge is -2.09. The van der Waals surface area contributed by atoms with Gasteiger partial charge in [0.05, 0.1) is 11.8 Å². The fraction of sp³-hybridized carbons (Fsp3) is 0.462. The van der Waals surface area contributed by atoms with Crippen molar-refractivity contribution in [1.82, 2.24) is 15.2 Å². The van der Waals surface area contributed by atoms with Gasteiger partial charge in [0, 0.05) is 29.8 Å². The van der Waals surface area contributed by atoms with Crippen LogP contribution < -0.4 is 0 Å². The number of aromatic nitrogens is 3. The second-order valence-electron chi connectivity index (χ2n) is 4.53. The highest BCUT2D eigenvalue weighted by Gasteiger charge is 2.16. The summed E-state index contributed by atoms with van der Waals surface area (Å²) in [5.41, 5.74) is 0.979. The summed E-state index contributed by atoms with van der Waals surface area (Å²) in [5.74, 6) is 0. The van der Waals surface area contributed by atoms with E-state index in [2.05, 4.69) is 15.2 Å². The molecule has 0 spiro atoms. The fourth-order valence-corrected chi connectivity index (χ4v) is 2.57. The largest absolute Gasteiger partial charge is 0.378 e. The van der Waals surface area contributed by atoms with Gasteiger partial charge in [-0.1, -0.05) is 11.6 Å². The molecule has 2 aromatic heterocycles.